The quantitative estimate of drug-likeness (QED) is 0.441. The maximum absolute atomic E-state index is 14.4. The van der Waals surface area contributed by atoms with Crippen molar-refractivity contribution >= 4 is 15.4 Å². The monoisotopic (exact) mass is 520 g/mol. The minimum absolute atomic E-state index is 0.000324. The Balaban J connectivity index is 1.53. The van der Waals surface area contributed by atoms with Crippen molar-refractivity contribution in [1.29, 1.82) is 0 Å². The van der Waals surface area contributed by atoms with E-state index in [0.717, 1.165) is 41.2 Å². The average Bonchev–Trinajstić information content (AvgIpc) is 3.42. The summed E-state index contributed by atoms with van der Waals surface area (Å²) in [5.41, 5.74) is 5.87. The number of halogens is 1. The summed E-state index contributed by atoms with van der Waals surface area (Å²) in [5.74, 6) is 0.924. The Hall–Kier alpha value is -3.50. The van der Waals surface area contributed by atoms with Crippen LogP contribution < -0.4 is 11.0 Å². The number of fused-ring (bicyclic) bond motifs is 2. The molecule has 2 aliphatic rings. The van der Waals surface area contributed by atoms with Crippen molar-refractivity contribution in [2.45, 2.75) is 39.7 Å². The molecule has 2 aliphatic heterocycles. The van der Waals surface area contributed by atoms with Gasteiger partial charge in [0.1, 0.15) is 11.6 Å². The molecule has 1 unspecified atom stereocenters. The molecule has 0 spiro atoms. The van der Waals surface area contributed by atoms with Gasteiger partial charge in [0, 0.05) is 58.7 Å². The predicted octanol–water partition coefficient (Wildman–Crippen LogP) is 4.06. The van der Waals surface area contributed by atoms with Crippen LogP contribution in [0.3, 0.4) is 0 Å². The van der Waals surface area contributed by atoms with E-state index in [1.807, 2.05) is 18.2 Å². The van der Waals surface area contributed by atoms with Crippen molar-refractivity contribution < 1.29 is 8.60 Å². The van der Waals surface area contributed by atoms with Gasteiger partial charge in [0.05, 0.1) is 22.8 Å². The van der Waals surface area contributed by atoms with Crippen LogP contribution >= 0.6 is 0 Å². The van der Waals surface area contributed by atoms with Gasteiger partial charge in [-0.2, -0.15) is 9.46 Å². The molecule has 0 saturated carbocycles. The summed E-state index contributed by atoms with van der Waals surface area (Å²) < 4.78 is 36.2. The lowest BCUT2D eigenvalue weighted by atomic mass is 10.0. The first kappa shape index (κ1) is 23.9. The van der Waals surface area contributed by atoms with E-state index in [9.17, 15) is 13.4 Å². The zero-order chi connectivity index (χ0) is 26.1. The van der Waals surface area contributed by atoms with Crippen LogP contribution in [0.5, 0.6) is 0 Å². The Morgan fingerprint density at radius 2 is 1.78 bits per heavy atom. The highest BCUT2D eigenvalue weighted by atomic mass is 32.2. The predicted molar refractivity (Wildman–Crippen MR) is 143 cm³/mol. The Morgan fingerprint density at radius 3 is 2.54 bits per heavy atom. The van der Waals surface area contributed by atoms with Gasteiger partial charge in [-0.15, -0.1) is 0 Å². The lowest BCUT2D eigenvalue weighted by Crippen LogP contribution is -2.30. The first-order valence-corrected chi connectivity index (χ1v) is 14.5. The number of aryl methyl sites for hydroxylation is 3. The van der Waals surface area contributed by atoms with E-state index in [-0.39, 0.29) is 17.5 Å². The second kappa shape index (κ2) is 8.53. The maximum Gasteiger partial charge on any atom is 0.338 e. The summed E-state index contributed by atoms with van der Waals surface area (Å²) in [6, 6.07) is 9.15. The smallest absolute Gasteiger partial charge is 0.310 e. The van der Waals surface area contributed by atoms with Gasteiger partial charge in [-0.1, -0.05) is 0 Å². The van der Waals surface area contributed by atoms with Crippen molar-refractivity contribution in [2.75, 3.05) is 18.6 Å². The topological polar surface area (TPSA) is 86.2 Å². The van der Waals surface area contributed by atoms with E-state index >= 15 is 0 Å². The van der Waals surface area contributed by atoms with Crippen LogP contribution in [0.25, 0.3) is 17.2 Å². The Bertz CT molecular complexity index is 1730. The Labute approximate surface area is 214 Å². The molecule has 6 rings (SSSR count). The first-order valence-electron chi connectivity index (χ1n) is 12.4. The SMILES string of the molecule is Cc1cc(-n2nc3c(c2-n2ccn(-c4ccc5c(c4)CCS(C)(=O)=N5)c2=O)[C@H](C)NCC3)cc(C)c1F. The highest BCUT2D eigenvalue weighted by molar-refractivity contribution is 7.93. The molecule has 192 valence electrons. The first-order chi connectivity index (χ1) is 17.6. The molecule has 0 bridgehead atoms. The van der Waals surface area contributed by atoms with Crippen LogP contribution in [-0.2, 0) is 22.6 Å². The molecule has 2 atom stereocenters. The maximum atomic E-state index is 14.4. The number of benzene rings is 2. The van der Waals surface area contributed by atoms with E-state index in [1.54, 1.807) is 58.4 Å². The molecule has 4 aromatic rings. The van der Waals surface area contributed by atoms with Gasteiger partial charge >= 0.3 is 5.69 Å². The fourth-order valence-corrected chi connectivity index (χ4v) is 6.64. The largest absolute Gasteiger partial charge is 0.338 e. The van der Waals surface area contributed by atoms with Crippen LogP contribution in [0.2, 0.25) is 0 Å². The van der Waals surface area contributed by atoms with Crippen LogP contribution in [0.15, 0.2) is 51.9 Å². The van der Waals surface area contributed by atoms with Gasteiger partial charge in [0.25, 0.3) is 0 Å². The summed E-state index contributed by atoms with van der Waals surface area (Å²) in [6.45, 7) is 6.34. The number of imidazole rings is 1. The second-order valence-electron chi connectivity index (χ2n) is 10.1. The minimum atomic E-state index is -2.20. The third kappa shape index (κ3) is 3.95. The normalized spacial score (nSPS) is 20.8. The number of hydrogen-bond acceptors (Lipinski definition) is 5. The second-order valence-corrected chi connectivity index (χ2v) is 12.6. The van der Waals surface area contributed by atoms with Crippen LogP contribution in [0.4, 0.5) is 10.1 Å². The molecule has 8 nitrogen and oxygen atoms in total. The summed E-state index contributed by atoms with van der Waals surface area (Å²) >= 11 is 0. The minimum Gasteiger partial charge on any atom is -0.310 e. The van der Waals surface area contributed by atoms with E-state index in [4.69, 9.17) is 5.10 Å². The third-order valence-corrected chi connectivity index (χ3v) is 8.82. The molecule has 0 radical (unpaired) electrons. The molecule has 0 aliphatic carbocycles. The van der Waals surface area contributed by atoms with Crippen molar-refractivity contribution in [1.82, 2.24) is 24.2 Å². The average molecular weight is 521 g/mol. The molecule has 2 aromatic heterocycles. The highest BCUT2D eigenvalue weighted by Crippen LogP contribution is 2.32. The van der Waals surface area contributed by atoms with E-state index < -0.39 is 9.73 Å². The van der Waals surface area contributed by atoms with Crippen molar-refractivity contribution in [2.24, 2.45) is 4.36 Å². The molecule has 0 amide bonds. The van der Waals surface area contributed by atoms with Gasteiger partial charge in [-0.25, -0.2) is 18.1 Å². The molecular formula is C27H29FN6O2S. The number of nitrogens with zero attached hydrogens (tertiary/aromatic N) is 5. The van der Waals surface area contributed by atoms with Crippen molar-refractivity contribution in [3.8, 4) is 17.2 Å². The van der Waals surface area contributed by atoms with Crippen LogP contribution in [0, 0.1) is 19.7 Å². The number of nitrogens with one attached hydrogen (secondary N) is 1. The van der Waals surface area contributed by atoms with Crippen LogP contribution in [-0.4, -0.2) is 41.7 Å². The van der Waals surface area contributed by atoms with E-state index in [0.29, 0.717) is 34.8 Å². The zero-order valence-electron chi connectivity index (χ0n) is 21.3. The highest BCUT2D eigenvalue weighted by Gasteiger charge is 2.29. The molecule has 0 saturated heterocycles. The van der Waals surface area contributed by atoms with Crippen molar-refractivity contribution in [3.63, 3.8) is 0 Å². The standard InChI is InChI=1S/C27H29FN6O2S/c1-16-13-21(14-17(2)25(16)28)34-26(24-18(3)29-9-7-23(24)30-34)33-11-10-32(27(33)35)20-5-6-22-19(15-20)8-12-37(4,36)31-22/h5-6,10-11,13-15,18,29H,7-9,12H2,1-4H3/t18-,37?/m0/s1. The van der Waals surface area contributed by atoms with Gasteiger partial charge in [0.2, 0.25) is 0 Å². The Kier molecular flexibility index (Phi) is 5.50. The van der Waals surface area contributed by atoms with Gasteiger partial charge in [0.15, 0.2) is 0 Å². The summed E-state index contributed by atoms with van der Waals surface area (Å²) in [6.07, 6.45) is 6.58. The number of hydrogen-bond donors (Lipinski definition) is 1. The summed E-state index contributed by atoms with van der Waals surface area (Å²) in [4.78, 5) is 13.8. The lowest BCUT2D eigenvalue weighted by molar-refractivity contribution is 0.536. The lowest BCUT2D eigenvalue weighted by Gasteiger charge is -2.21. The van der Waals surface area contributed by atoms with Gasteiger partial charge in [-0.3, -0.25) is 9.13 Å². The molecule has 1 N–H and O–H groups in total. The molecule has 37 heavy (non-hydrogen) atoms. The van der Waals surface area contributed by atoms with E-state index in [2.05, 4.69) is 16.6 Å². The van der Waals surface area contributed by atoms with Crippen molar-refractivity contribution in [3.05, 3.63) is 87.0 Å². The van der Waals surface area contributed by atoms with Gasteiger partial charge < -0.3 is 5.32 Å². The molecule has 2 aromatic carbocycles. The van der Waals surface area contributed by atoms with Crippen LogP contribution in [0.1, 0.15) is 40.9 Å². The number of rotatable bonds is 3. The van der Waals surface area contributed by atoms with Gasteiger partial charge in [-0.05, 0) is 74.2 Å². The zero-order valence-corrected chi connectivity index (χ0v) is 22.1. The third-order valence-electron chi connectivity index (χ3n) is 7.27. The molecule has 10 heteroatoms. The summed E-state index contributed by atoms with van der Waals surface area (Å²) in [5, 5.41) is 8.37. The van der Waals surface area contributed by atoms with E-state index in [1.165, 1.54) is 0 Å². The fourth-order valence-electron chi connectivity index (χ4n) is 5.36. The summed E-state index contributed by atoms with van der Waals surface area (Å²) in [7, 11) is -2.20. The fraction of sp³-hybridized carbons (Fsp3) is 0.333. The molecule has 4 heterocycles. The Morgan fingerprint density at radius 1 is 1.05 bits per heavy atom. The molecular weight excluding hydrogens is 491 g/mol. The number of aromatic nitrogens is 4. The molecule has 0 fully saturated rings.